The monoisotopic (exact) mass is 850 g/mol. The maximum atomic E-state index is 12.7. The molecule has 0 amide bonds. The van der Waals surface area contributed by atoms with E-state index in [4.69, 9.17) is 18.5 Å². The average molecular weight is 850 g/mol. The minimum atomic E-state index is -4.66. The standard InChI is InChI=1S/C48H84NO9P/c1-6-8-10-11-12-13-14-15-16-19-22-25-28-31-35-39-47(51)55-43-46(44-57-59(53,54)56-42-41-49(3,4)5)58-48(52)40-36-32-29-26-23-20-17-18-21-24-27-30-34-38-45(50)37-33-9-7-2/h9,18,20-21,23,27,29-30,32-34,38,45-46,50H,6-8,10-17,19,22,24-26,28,31,35-37,39-44H2,1-5H3/b21-18-,23-20-,30-27-,32-29-,33-9-,38-34-. The van der Waals surface area contributed by atoms with Gasteiger partial charge in [-0.3, -0.25) is 14.2 Å². The van der Waals surface area contributed by atoms with E-state index in [9.17, 15) is 24.2 Å². The van der Waals surface area contributed by atoms with Crippen LogP contribution in [0.25, 0.3) is 0 Å². The summed E-state index contributed by atoms with van der Waals surface area (Å²) >= 11 is 0. The van der Waals surface area contributed by atoms with E-state index < -0.39 is 38.6 Å². The van der Waals surface area contributed by atoms with Crippen molar-refractivity contribution in [1.82, 2.24) is 0 Å². The molecule has 0 spiro atoms. The Morgan fingerprint density at radius 1 is 0.644 bits per heavy atom. The second-order valence-corrected chi connectivity index (χ2v) is 17.7. The van der Waals surface area contributed by atoms with Gasteiger partial charge in [-0.25, -0.2) is 0 Å². The molecule has 0 heterocycles. The van der Waals surface area contributed by atoms with E-state index in [2.05, 4.69) is 38.2 Å². The molecule has 10 nitrogen and oxygen atoms in total. The molecule has 0 aliphatic heterocycles. The third kappa shape index (κ3) is 43.3. The van der Waals surface area contributed by atoms with Gasteiger partial charge in [-0.2, -0.15) is 0 Å². The number of phosphoric ester groups is 1. The fraction of sp³-hybridized carbons (Fsp3) is 0.708. The molecule has 0 aromatic carbocycles. The summed E-state index contributed by atoms with van der Waals surface area (Å²) in [6, 6.07) is 0. The molecule has 59 heavy (non-hydrogen) atoms. The minimum Gasteiger partial charge on any atom is -0.756 e. The van der Waals surface area contributed by atoms with Crippen molar-refractivity contribution in [3.8, 4) is 0 Å². The molecular formula is C48H84NO9P. The molecule has 11 heteroatoms. The number of carbonyl (C=O) groups is 2. The van der Waals surface area contributed by atoms with Crippen molar-refractivity contribution in [3.05, 3.63) is 72.9 Å². The van der Waals surface area contributed by atoms with Gasteiger partial charge in [-0.1, -0.05) is 177 Å². The van der Waals surface area contributed by atoms with Gasteiger partial charge in [0.05, 0.1) is 33.9 Å². The molecule has 0 saturated heterocycles. The molecule has 340 valence electrons. The molecule has 1 N–H and O–H groups in total. The third-order valence-electron chi connectivity index (χ3n) is 9.33. The van der Waals surface area contributed by atoms with Gasteiger partial charge in [0.2, 0.25) is 0 Å². The number of quaternary nitrogens is 1. The Kier molecular flexibility index (Phi) is 37.8. The molecule has 0 radical (unpaired) electrons. The van der Waals surface area contributed by atoms with Gasteiger partial charge in [0.25, 0.3) is 7.82 Å². The molecule has 0 saturated carbocycles. The van der Waals surface area contributed by atoms with Crippen LogP contribution in [-0.4, -0.2) is 81.2 Å². The van der Waals surface area contributed by atoms with Gasteiger partial charge < -0.3 is 33.0 Å². The summed E-state index contributed by atoms with van der Waals surface area (Å²) in [6.07, 6.45) is 45.6. The van der Waals surface area contributed by atoms with Gasteiger partial charge >= 0.3 is 11.9 Å². The number of likely N-dealkylation sites (N-methyl/N-ethyl adjacent to an activating group) is 1. The molecule has 3 atom stereocenters. The van der Waals surface area contributed by atoms with Crippen molar-refractivity contribution in [2.45, 2.75) is 174 Å². The minimum absolute atomic E-state index is 0.0538. The summed E-state index contributed by atoms with van der Waals surface area (Å²) in [5.74, 6) is -0.955. The number of unbranched alkanes of at least 4 members (excludes halogenated alkanes) is 14. The van der Waals surface area contributed by atoms with Crippen LogP contribution in [0, 0.1) is 0 Å². The Bertz CT molecular complexity index is 1250. The number of carbonyl (C=O) groups excluding carboxylic acids is 2. The largest absolute Gasteiger partial charge is 0.756 e. The number of hydrogen-bond acceptors (Lipinski definition) is 9. The molecule has 0 aromatic rings. The van der Waals surface area contributed by atoms with E-state index in [1.165, 1.54) is 77.0 Å². The predicted octanol–water partition coefficient (Wildman–Crippen LogP) is 11.4. The first-order chi connectivity index (χ1) is 28.4. The van der Waals surface area contributed by atoms with Crippen molar-refractivity contribution in [1.29, 1.82) is 0 Å². The van der Waals surface area contributed by atoms with Crippen LogP contribution in [0.5, 0.6) is 0 Å². The fourth-order valence-corrected chi connectivity index (χ4v) is 6.49. The SMILES string of the molecule is CC/C=C\CC(O)/C=C\C=C/C/C=C\C/C=C\C/C=C\CCC(=O)OC(COC(=O)CCCCCCCCCCCCCCCCC)COP(=O)([O-])OCC[N+](C)(C)C. The van der Waals surface area contributed by atoms with Crippen LogP contribution < -0.4 is 4.89 Å². The summed E-state index contributed by atoms with van der Waals surface area (Å²) in [4.78, 5) is 37.5. The van der Waals surface area contributed by atoms with E-state index >= 15 is 0 Å². The number of rotatable bonds is 40. The lowest BCUT2D eigenvalue weighted by Gasteiger charge is -2.28. The summed E-state index contributed by atoms with van der Waals surface area (Å²) in [5.41, 5.74) is 0. The zero-order valence-electron chi connectivity index (χ0n) is 37.8. The Balaban J connectivity index is 4.51. The lowest BCUT2D eigenvalue weighted by molar-refractivity contribution is -0.870. The number of aliphatic hydroxyl groups is 1. The first-order valence-electron chi connectivity index (χ1n) is 22.8. The van der Waals surface area contributed by atoms with Gasteiger partial charge in [0.15, 0.2) is 6.10 Å². The van der Waals surface area contributed by atoms with Crippen LogP contribution in [-0.2, 0) is 32.7 Å². The molecule has 3 unspecified atom stereocenters. The van der Waals surface area contributed by atoms with Crippen LogP contribution in [0.4, 0.5) is 0 Å². The number of nitrogens with zero attached hydrogens (tertiary/aromatic N) is 1. The Morgan fingerprint density at radius 2 is 1.19 bits per heavy atom. The Hall–Kier alpha value is -2.59. The maximum Gasteiger partial charge on any atom is 0.306 e. The van der Waals surface area contributed by atoms with Crippen molar-refractivity contribution < 1.29 is 47.2 Å². The average Bonchev–Trinajstić information content (AvgIpc) is 3.18. The van der Waals surface area contributed by atoms with E-state index in [1.54, 1.807) is 6.08 Å². The number of phosphoric acid groups is 1. The lowest BCUT2D eigenvalue weighted by atomic mass is 10.0. The summed E-state index contributed by atoms with van der Waals surface area (Å²) in [6.45, 7) is 3.91. The zero-order chi connectivity index (χ0) is 43.7. The molecule has 0 bridgehead atoms. The van der Waals surface area contributed by atoms with Crippen molar-refractivity contribution in [2.75, 3.05) is 47.5 Å². The summed E-state index contributed by atoms with van der Waals surface area (Å²) in [7, 11) is 1.09. The molecule has 0 rings (SSSR count). The van der Waals surface area contributed by atoms with Gasteiger partial charge in [0.1, 0.15) is 19.8 Å². The highest BCUT2D eigenvalue weighted by Gasteiger charge is 2.21. The second kappa shape index (κ2) is 39.5. The third-order valence-corrected chi connectivity index (χ3v) is 10.3. The molecule has 0 aliphatic rings. The van der Waals surface area contributed by atoms with Crippen LogP contribution >= 0.6 is 7.82 Å². The Labute approximate surface area is 360 Å². The van der Waals surface area contributed by atoms with E-state index in [-0.39, 0.29) is 26.1 Å². The highest BCUT2D eigenvalue weighted by atomic mass is 31.2. The normalized spacial score (nSPS) is 14.8. The summed E-state index contributed by atoms with van der Waals surface area (Å²) < 4.78 is 33.8. The quantitative estimate of drug-likeness (QED) is 0.0160. The second-order valence-electron chi connectivity index (χ2n) is 16.2. The highest BCUT2D eigenvalue weighted by molar-refractivity contribution is 7.45. The fourth-order valence-electron chi connectivity index (χ4n) is 5.76. The van der Waals surface area contributed by atoms with Crippen LogP contribution in [0.3, 0.4) is 0 Å². The summed E-state index contributed by atoms with van der Waals surface area (Å²) in [5, 5.41) is 9.85. The van der Waals surface area contributed by atoms with Gasteiger partial charge in [-0.05, 0) is 44.9 Å². The first kappa shape index (κ1) is 56.4. The van der Waals surface area contributed by atoms with Gasteiger partial charge in [-0.15, -0.1) is 0 Å². The predicted molar refractivity (Wildman–Crippen MR) is 242 cm³/mol. The van der Waals surface area contributed by atoms with Crippen LogP contribution in [0.15, 0.2) is 72.9 Å². The number of hydrogen-bond donors (Lipinski definition) is 1. The van der Waals surface area contributed by atoms with Crippen molar-refractivity contribution >= 4 is 19.8 Å². The number of allylic oxidation sites excluding steroid dienone is 10. The first-order valence-corrected chi connectivity index (χ1v) is 24.2. The Morgan fingerprint density at radius 3 is 1.75 bits per heavy atom. The molecule has 0 aliphatic carbocycles. The zero-order valence-corrected chi connectivity index (χ0v) is 38.7. The van der Waals surface area contributed by atoms with E-state index in [1.807, 2.05) is 63.7 Å². The van der Waals surface area contributed by atoms with E-state index in [0.717, 1.165) is 38.5 Å². The van der Waals surface area contributed by atoms with Crippen LogP contribution in [0.2, 0.25) is 0 Å². The smallest absolute Gasteiger partial charge is 0.306 e. The van der Waals surface area contributed by atoms with Gasteiger partial charge in [0, 0.05) is 12.8 Å². The molecular weight excluding hydrogens is 766 g/mol. The van der Waals surface area contributed by atoms with Crippen molar-refractivity contribution in [3.63, 3.8) is 0 Å². The maximum absolute atomic E-state index is 12.7. The van der Waals surface area contributed by atoms with Crippen LogP contribution in [0.1, 0.15) is 162 Å². The number of ether oxygens (including phenoxy) is 2. The molecule has 0 aromatic heterocycles. The van der Waals surface area contributed by atoms with E-state index in [0.29, 0.717) is 30.3 Å². The molecule has 0 fully saturated rings. The lowest BCUT2D eigenvalue weighted by Crippen LogP contribution is -2.37. The topological polar surface area (TPSA) is 131 Å². The highest BCUT2D eigenvalue weighted by Crippen LogP contribution is 2.38. The van der Waals surface area contributed by atoms with Crippen molar-refractivity contribution in [2.24, 2.45) is 0 Å². The number of esters is 2. The number of aliphatic hydroxyl groups excluding tert-OH is 1.